The van der Waals surface area contributed by atoms with E-state index in [0.717, 1.165) is 11.3 Å². The molecule has 0 spiro atoms. The number of hydrazone groups is 1. The van der Waals surface area contributed by atoms with Crippen LogP contribution < -0.4 is 20.8 Å². The lowest BCUT2D eigenvalue weighted by molar-refractivity contribution is -0.620. The topological polar surface area (TPSA) is 142 Å². The number of carbonyl (C=O) groups is 1. The van der Waals surface area contributed by atoms with E-state index in [1.54, 1.807) is 29.5 Å². The number of benzene rings is 1. The maximum atomic E-state index is 14.8. The summed E-state index contributed by atoms with van der Waals surface area (Å²) in [4.78, 5) is 18.9. The van der Waals surface area contributed by atoms with E-state index < -0.39 is 17.4 Å². The first kappa shape index (κ1) is 24.3. The summed E-state index contributed by atoms with van der Waals surface area (Å²) in [5.74, 6) is -1.44. The Morgan fingerprint density at radius 2 is 2.21 bits per heavy atom. The van der Waals surface area contributed by atoms with Crippen LogP contribution in [0.1, 0.15) is 33.2 Å². The molecule has 0 bridgehead atoms. The number of methoxy groups -OCH3 is 1. The van der Waals surface area contributed by atoms with E-state index in [9.17, 15) is 19.5 Å². The number of hydrogen-bond donors (Lipinski definition) is 4. The lowest BCUT2D eigenvalue weighted by atomic mass is 9.98. The molecule has 1 aliphatic carbocycles. The van der Waals surface area contributed by atoms with Crippen LogP contribution in [0.3, 0.4) is 0 Å². The normalized spacial score (nSPS) is 18.1. The molecule has 4 aromatic rings. The number of rotatable bonds is 5. The van der Waals surface area contributed by atoms with E-state index in [1.807, 2.05) is 6.07 Å². The van der Waals surface area contributed by atoms with Gasteiger partial charge in [-0.1, -0.05) is 11.6 Å². The number of esters is 1. The zero-order valence-corrected chi connectivity index (χ0v) is 21.2. The van der Waals surface area contributed by atoms with Crippen molar-refractivity contribution in [1.82, 2.24) is 21.0 Å². The summed E-state index contributed by atoms with van der Waals surface area (Å²) >= 11 is 7.17. The van der Waals surface area contributed by atoms with Gasteiger partial charge >= 0.3 is 5.97 Å². The third-order valence-electron chi connectivity index (χ3n) is 6.54. The quantitative estimate of drug-likeness (QED) is 0.167. The molecular formula is C24H19ClFN7O4S. The molecule has 0 fully saturated rings. The minimum absolute atomic E-state index is 0.0899. The van der Waals surface area contributed by atoms with Crippen LogP contribution in [0.5, 0.6) is 0 Å². The van der Waals surface area contributed by atoms with Gasteiger partial charge < -0.3 is 20.0 Å². The number of thiophene rings is 1. The average molecular weight is 556 g/mol. The maximum Gasteiger partial charge on any atom is 0.351 e. The number of hydrazine groups is 2. The third-order valence-corrected chi connectivity index (χ3v) is 7.71. The average Bonchev–Trinajstić information content (AvgIpc) is 3.71. The number of anilines is 1. The zero-order chi connectivity index (χ0) is 26.6. The maximum absolute atomic E-state index is 14.8. The van der Waals surface area contributed by atoms with Crippen molar-refractivity contribution >= 4 is 40.9 Å². The van der Waals surface area contributed by atoms with Crippen molar-refractivity contribution in [3.05, 3.63) is 80.0 Å². The number of ether oxygens (including phenoxy) is 1. The molecule has 1 aromatic carbocycles. The Balaban J connectivity index is 1.38. The molecule has 14 heteroatoms. The van der Waals surface area contributed by atoms with E-state index in [0.29, 0.717) is 38.6 Å². The van der Waals surface area contributed by atoms with Crippen LogP contribution in [0.4, 0.5) is 10.1 Å². The van der Waals surface area contributed by atoms with Gasteiger partial charge in [-0.2, -0.15) is 9.83 Å². The second kappa shape index (κ2) is 9.06. The fraction of sp³-hybridized carbons (Fsp3) is 0.167. The molecule has 6 rings (SSSR count). The molecular weight excluding hydrogens is 537 g/mol. The Hall–Kier alpha value is -4.04. The van der Waals surface area contributed by atoms with E-state index in [2.05, 4.69) is 30.9 Å². The van der Waals surface area contributed by atoms with Crippen molar-refractivity contribution < 1.29 is 23.8 Å². The molecule has 38 heavy (non-hydrogen) atoms. The first-order chi connectivity index (χ1) is 18.3. The summed E-state index contributed by atoms with van der Waals surface area (Å²) in [6, 6.07) is 7.10. The molecule has 11 nitrogen and oxygen atoms in total. The lowest BCUT2D eigenvalue weighted by Gasteiger charge is -2.21. The smallest absolute Gasteiger partial charge is 0.351 e. The van der Waals surface area contributed by atoms with Gasteiger partial charge in [0.2, 0.25) is 11.3 Å². The van der Waals surface area contributed by atoms with Gasteiger partial charge in [0.05, 0.1) is 18.5 Å². The predicted molar refractivity (Wildman–Crippen MR) is 138 cm³/mol. The minimum Gasteiger partial charge on any atom is -0.618 e. The Morgan fingerprint density at radius 1 is 1.37 bits per heavy atom. The van der Waals surface area contributed by atoms with E-state index in [-0.39, 0.29) is 34.1 Å². The van der Waals surface area contributed by atoms with Crippen molar-refractivity contribution in [3.63, 3.8) is 0 Å². The van der Waals surface area contributed by atoms with Crippen LogP contribution in [-0.2, 0) is 16.8 Å². The molecule has 1 aliphatic heterocycles. The van der Waals surface area contributed by atoms with Crippen LogP contribution in [0.2, 0.25) is 5.02 Å². The molecule has 194 valence electrons. The molecule has 0 saturated carbocycles. The highest BCUT2D eigenvalue weighted by Gasteiger charge is 2.48. The van der Waals surface area contributed by atoms with Crippen LogP contribution in [0.25, 0.3) is 22.4 Å². The molecule has 0 radical (unpaired) electrons. The number of aryl methyl sites for hydroxylation is 1. The highest BCUT2D eigenvalue weighted by molar-refractivity contribution is 7.12. The number of aromatic nitrogens is 3. The standard InChI is InChI=1S/C24H19ClFN7O4S/c1-37-22(34)20-19(26)16(10-38-20)17-8-27-23(29-17)24(35)5-4-12-6-13(9-33(36)21(12)24)15-7-14(25)2-3-18(15)32-11-28-30-31-32/h2-3,6-11,30-31,35H,4-5H2,1H3,(H,27,29). The number of aromatic amines is 1. The highest BCUT2D eigenvalue weighted by atomic mass is 35.5. The number of hydrogen-bond acceptors (Lipinski definition) is 10. The van der Waals surface area contributed by atoms with Gasteiger partial charge in [0.1, 0.15) is 17.0 Å². The zero-order valence-electron chi connectivity index (χ0n) is 19.7. The number of pyridine rings is 1. The van der Waals surface area contributed by atoms with Crippen LogP contribution in [0, 0.1) is 11.0 Å². The summed E-state index contributed by atoms with van der Waals surface area (Å²) in [6.07, 6.45) is 4.93. The second-order valence-electron chi connectivity index (χ2n) is 8.71. The van der Waals surface area contributed by atoms with Crippen molar-refractivity contribution in [2.75, 3.05) is 12.1 Å². The SMILES string of the molecule is COC(=O)c1scc(-c2c[nH]c(C3(O)CCc4cc(-c5cc(Cl)ccc5N5C=NNN5)c[n+]([O-])c43)n2)c1F. The number of halogens is 2. The van der Waals surface area contributed by atoms with Gasteiger partial charge in [-0.3, -0.25) is 0 Å². The van der Waals surface area contributed by atoms with Gasteiger partial charge in [0.15, 0.2) is 12.0 Å². The number of nitrogens with zero attached hydrogens (tertiary/aromatic N) is 4. The van der Waals surface area contributed by atoms with Crippen molar-refractivity contribution in [2.45, 2.75) is 18.4 Å². The number of imidazole rings is 1. The van der Waals surface area contributed by atoms with Crippen LogP contribution >= 0.6 is 22.9 Å². The largest absolute Gasteiger partial charge is 0.618 e. The first-order valence-electron chi connectivity index (χ1n) is 11.3. The van der Waals surface area contributed by atoms with Gasteiger partial charge in [0.25, 0.3) is 0 Å². The van der Waals surface area contributed by atoms with Gasteiger partial charge in [0, 0.05) is 38.9 Å². The third kappa shape index (κ3) is 3.79. The second-order valence-corrected chi connectivity index (χ2v) is 10.0. The van der Waals surface area contributed by atoms with Gasteiger partial charge in [-0.05, 0) is 37.1 Å². The first-order valence-corrected chi connectivity index (χ1v) is 12.6. The number of fused-ring (bicyclic) bond motifs is 1. The number of carbonyl (C=O) groups excluding carboxylic acids is 1. The van der Waals surface area contributed by atoms with Crippen molar-refractivity contribution in [3.8, 4) is 22.4 Å². The Labute approximate surface area is 223 Å². The summed E-state index contributed by atoms with van der Waals surface area (Å²) < 4.78 is 20.1. The van der Waals surface area contributed by atoms with Gasteiger partial charge in [-0.25, -0.2) is 24.7 Å². The summed E-state index contributed by atoms with van der Waals surface area (Å²) in [7, 11) is 1.17. The molecule has 4 N–H and O–H groups in total. The summed E-state index contributed by atoms with van der Waals surface area (Å²) in [5.41, 5.74) is 6.80. The van der Waals surface area contributed by atoms with E-state index in [4.69, 9.17) is 11.6 Å². The molecule has 1 unspecified atom stereocenters. The molecule has 3 aromatic heterocycles. The number of aliphatic hydroxyl groups is 1. The lowest BCUT2D eigenvalue weighted by Crippen LogP contribution is -2.42. The number of H-pyrrole nitrogens is 1. The van der Waals surface area contributed by atoms with Crippen molar-refractivity contribution in [2.24, 2.45) is 5.10 Å². The van der Waals surface area contributed by atoms with Crippen molar-refractivity contribution in [1.29, 1.82) is 0 Å². The Morgan fingerprint density at radius 3 is 2.97 bits per heavy atom. The van der Waals surface area contributed by atoms with E-state index >= 15 is 0 Å². The fourth-order valence-electron chi connectivity index (χ4n) is 4.76. The summed E-state index contributed by atoms with van der Waals surface area (Å²) in [5, 5.41) is 32.5. The highest BCUT2D eigenvalue weighted by Crippen LogP contribution is 2.42. The van der Waals surface area contributed by atoms with Gasteiger partial charge in [-0.15, -0.1) is 16.9 Å². The molecule has 0 saturated heterocycles. The molecule has 1 atom stereocenters. The van der Waals surface area contributed by atoms with Crippen LogP contribution in [0.15, 0.2) is 47.1 Å². The van der Waals surface area contributed by atoms with E-state index in [1.165, 1.54) is 24.9 Å². The van der Waals surface area contributed by atoms with Crippen LogP contribution in [-0.4, -0.2) is 34.5 Å². The molecule has 0 amide bonds. The fourth-order valence-corrected chi connectivity index (χ4v) is 5.79. The molecule has 2 aliphatic rings. The monoisotopic (exact) mass is 555 g/mol. The minimum atomic E-state index is -1.73. The molecule has 4 heterocycles. The Bertz CT molecular complexity index is 1620. The Kier molecular flexibility index (Phi) is 5.79. The predicted octanol–water partition coefficient (Wildman–Crippen LogP) is 2.97. The number of nitrogens with one attached hydrogen (secondary N) is 3. The summed E-state index contributed by atoms with van der Waals surface area (Å²) in [6.45, 7) is 0.